The molecular formula is C42H27F5Si. The molecule has 0 atom stereocenters. The third-order valence-electron chi connectivity index (χ3n) is 8.73. The summed E-state index contributed by atoms with van der Waals surface area (Å²) in [7, 11) is -3.43. The molecule has 0 unspecified atom stereocenters. The van der Waals surface area contributed by atoms with Gasteiger partial charge >= 0.3 is 0 Å². The number of rotatable bonds is 7. The Balaban J connectivity index is 1.46. The van der Waals surface area contributed by atoms with Gasteiger partial charge in [-0.1, -0.05) is 121 Å². The lowest BCUT2D eigenvalue weighted by Crippen LogP contribution is -2.75. The van der Waals surface area contributed by atoms with Gasteiger partial charge in [0.05, 0.1) is 0 Å². The van der Waals surface area contributed by atoms with Crippen molar-refractivity contribution in [1.29, 1.82) is 0 Å². The first kappa shape index (κ1) is 31.0. The van der Waals surface area contributed by atoms with E-state index in [2.05, 4.69) is 0 Å². The summed E-state index contributed by atoms with van der Waals surface area (Å²) in [5, 5.41) is 3.10. The lowest BCUT2D eigenvalue weighted by atomic mass is 10.1. The maximum absolute atomic E-state index is 16.2. The van der Waals surface area contributed by atoms with Gasteiger partial charge in [0, 0.05) is 12.1 Å². The molecule has 0 aliphatic carbocycles. The Morgan fingerprint density at radius 2 is 0.625 bits per heavy atom. The number of halogens is 5. The molecule has 0 fully saturated rings. The lowest BCUT2D eigenvalue weighted by Gasteiger charge is -2.35. The van der Waals surface area contributed by atoms with E-state index in [1.54, 1.807) is 36.4 Å². The van der Waals surface area contributed by atoms with E-state index in [0.29, 0.717) is 27.4 Å². The fourth-order valence-electron chi connectivity index (χ4n) is 6.54. The summed E-state index contributed by atoms with van der Waals surface area (Å²) in [4.78, 5) is 0. The zero-order chi connectivity index (χ0) is 33.3. The van der Waals surface area contributed by atoms with E-state index in [1.807, 2.05) is 84.9 Å². The highest BCUT2D eigenvalue weighted by Crippen LogP contribution is 2.25. The van der Waals surface area contributed by atoms with Crippen molar-refractivity contribution >= 4 is 28.8 Å². The molecule has 0 radical (unpaired) electrons. The average Bonchev–Trinajstić information content (AvgIpc) is 3.10. The first-order valence-electron chi connectivity index (χ1n) is 15.4. The van der Waals surface area contributed by atoms with Gasteiger partial charge in [-0.15, -0.1) is 0 Å². The number of benzene rings is 7. The summed E-state index contributed by atoms with van der Waals surface area (Å²) in [5.74, 6) is -3.09. The van der Waals surface area contributed by atoms with Crippen LogP contribution < -0.4 is 20.7 Å². The standard InChI is InChI=1S/C42H27F5Si/c43-34-22-32(23-35(44)26-34)30-12-18-39(19-13-30)48(42-9-5-4-8-41(42)47,38-16-10-29(11-17-38)28-6-2-1-3-7-28)40-20-14-31(15-21-40)33-24-36(45)27-37(46)25-33/h1-27H. The highest BCUT2D eigenvalue weighted by atomic mass is 28.3. The molecule has 0 nitrogen and oxygen atoms in total. The van der Waals surface area contributed by atoms with Crippen LogP contribution in [0.4, 0.5) is 22.0 Å². The van der Waals surface area contributed by atoms with E-state index in [4.69, 9.17) is 0 Å². The molecule has 7 rings (SSSR count). The Morgan fingerprint density at radius 1 is 0.292 bits per heavy atom. The molecule has 0 aromatic heterocycles. The van der Waals surface area contributed by atoms with E-state index >= 15 is 4.39 Å². The zero-order valence-electron chi connectivity index (χ0n) is 25.5. The van der Waals surface area contributed by atoms with Gasteiger partial charge in [-0.3, -0.25) is 0 Å². The van der Waals surface area contributed by atoms with Crippen molar-refractivity contribution in [2.24, 2.45) is 0 Å². The Bertz CT molecular complexity index is 2080. The van der Waals surface area contributed by atoms with Crippen molar-refractivity contribution in [2.75, 3.05) is 0 Å². The van der Waals surface area contributed by atoms with E-state index in [0.717, 1.165) is 38.8 Å². The number of hydrogen-bond donors (Lipinski definition) is 0. The predicted octanol–water partition coefficient (Wildman–Crippen LogP) is 8.76. The molecular weight excluding hydrogens is 628 g/mol. The molecule has 0 spiro atoms. The first-order valence-corrected chi connectivity index (χ1v) is 17.4. The number of hydrogen-bond acceptors (Lipinski definition) is 0. The summed E-state index contributed by atoms with van der Waals surface area (Å²) < 4.78 is 72.7. The minimum atomic E-state index is -3.43. The zero-order valence-corrected chi connectivity index (χ0v) is 26.5. The minimum Gasteiger partial charge on any atom is -0.207 e. The normalized spacial score (nSPS) is 11.4. The largest absolute Gasteiger partial charge is 0.207 e. The van der Waals surface area contributed by atoms with Gasteiger partial charge in [-0.25, -0.2) is 22.0 Å². The second-order valence-electron chi connectivity index (χ2n) is 11.6. The van der Waals surface area contributed by atoms with Crippen LogP contribution in [-0.4, -0.2) is 8.07 Å². The molecule has 0 aliphatic heterocycles. The third-order valence-corrected chi connectivity index (χ3v) is 13.5. The van der Waals surface area contributed by atoms with Gasteiger partial charge in [-0.05, 0) is 84.5 Å². The summed E-state index contributed by atoms with van der Waals surface area (Å²) >= 11 is 0. The van der Waals surface area contributed by atoms with Crippen LogP contribution >= 0.6 is 0 Å². The van der Waals surface area contributed by atoms with E-state index < -0.39 is 31.3 Å². The smallest absolute Gasteiger partial charge is 0.182 e. The molecule has 234 valence electrons. The predicted molar refractivity (Wildman–Crippen MR) is 186 cm³/mol. The second-order valence-corrected chi connectivity index (χ2v) is 15.4. The van der Waals surface area contributed by atoms with Crippen molar-refractivity contribution in [2.45, 2.75) is 0 Å². The Kier molecular flexibility index (Phi) is 8.34. The van der Waals surface area contributed by atoms with Crippen molar-refractivity contribution < 1.29 is 22.0 Å². The van der Waals surface area contributed by atoms with Crippen LogP contribution in [0.25, 0.3) is 33.4 Å². The highest BCUT2D eigenvalue weighted by molar-refractivity contribution is 7.20. The monoisotopic (exact) mass is 654 g/mol. The maximum atomic E-state index is 16.2. The van der Waals surface area contributed by atoms with Crippen LogP contribution in [0.1, 0.15) is 0 Å². The Labute approximate surface area is 276 Å². The molecule has 0 amide bonds. The molecule has 0 saturated heterocycles. The third kappa shape index (κ3) is 5.87. The summed E-state index contributed by atoms with van der Waals surface area (Å²) in [5.41, 5.74) is 4.03. The highest BCUT2D eigenvalue weighted by Gasteiger charge is 2.43. The molecule has 0 aliphatic rings. The van der Waals surface area contributed by atoms with Crippen LogP contribution in [-0.2, 0) is 0 Å². The fourth-order valence-corrected chi connectivity index (χ4v) is 11.3. The topological polar surface area (TPSA) is 0 Å². The second kappa shape index (κ2) is 12.9. The summed E-state index contributed by atoms with van der Waals surface area (Å²) in [6.45, 7) is 0. The van der Waals surface area contributed by atoms with E-state index in [9.17, 15) is 17.6 Å². The van der Waals surface area contributed by atoms with Crippen molar-refractivity contribution in [3.8, 4) is 33.4 Å². The average molecular weight is 655 g/mol. The fraction of sp³-hybridized carbons (Fsp3) is 0. The molecule has 0 bridgehead atoms. The summed E-state index contributed by atoms with van der Waals surface area (Å²) in [6.07, 6.45) is 0. The van der Waals surface area contributed by atoms with Crippen LogP contribution in [0.3, 0.4) is 0 Å². The van der Waals surface area contributed by atoms with Gasteiger partial charge in [0.25, 0.3) is 0 Å². The molecule has 7 aromatic carbocycles. The molecule has 0 heterocycles. The first-order chi connectivity index (χ1) is 23.3. The van der Waals surface area contributed by atoms with Crippen LogP contribution in [0, 0.1) is 29.1 Å². The quantitative estimate of drug-likeness (QED) is 0.0916. The Morgan fingerprint density at radius 3 is 1.02 bits per heavy atom. The lowest BCUT2D eigenvalue weighted by molar-refractivity contribution is 0.583. The van der Waals surface area contributed by atoms with Crippen molar-refractivity contribution in [3.05, 3.63) is 193 Å². The maximum Gasteiger partial charge on any atom is 0.182 e. The van der Waals surface area contributed by atoms with Gasteiger partial charge in [0.15, 0.2) is 8.07 Å². The van der Waals surface area contributed by atoms with Crippen LogP contribution in [0.5, 0.6) is 0 Å². The van der Waals surface area contributed by atoms with Gasteiger partial charge in [0.1, 0.15) is 29.1 Å². The summed E-state index contributed by atoms with van der Waals surface area (Å²) in [6, 6.07) is 46.3. The molecule has 6 heteroatoms. The van der Waals surface area contributed by atoms with Crippen molar-refractivity contribution in [1.82, 2.24) is 0 Å². The molecule has 48 heavy (non-hydrogen) atoms. The van der Waals surface area contributed by atoms with E-state index in [1.165, 1.54) is 30.3 Å². The van der Waals surface area contributed by atoms with Gasteiger partial charge in [-0.2, -0.15) is 0 Å². The molecule has 7 aromatic rings. The van der Waals surface area contributed by atoms with Crippen LogP contribution in [0.15, 0.2) is 164 Å². The van der Waals surface area contributed by atoms with Crippen LogP contribution in [0.2, 0.25) is 0 Å². The molecule has 0 N–H and O–H groups in total. The van der Waals surface area contributed by atoms with Gasteiger partial charge < -0.3 is 0 Å². The van der Waals surface area contributed by atoms with E-state index in [-0.39, 0.29) is 5.82 Å². The SMILES string of the molecule is Fc1cc(F)cc(-c2ccc([Si](c3ccc(-c4ccccc4)cc3)(c3ccc(-c4cc(F)cc(F)c4)cc3)c3ccccc3F)cc2)c1. The van der Waals surface area contributed by atoms with Crippen molar-refractivity contribution in [3.63, 3.8) is 0 Å². The molecule has 0 saturated carbocycles. The minimum absolute atomic E-state index is 0.371. The van der Waals surface area contributed by atoms with Gasteiger partial charge in [0.2, 0.25) is 0 Å². The Hall–Kier alpha value is -5.59.